The topological polar surface area (TPSA) is 135 Å². The monoisotopic (exact) mass is 583 g/mol. The van der Waals surface area contributed by atoms with Crippen LogP contribution in [0.3, 0.4) is 0 Å². The summed E-state index contributed by atoms with van der Waals surface area (Å²) in [6.07, 6.45) is -0.924. The molecule has 1 aromatic heterocycles. The molecule has 4 rings (SSSR count). The minimum atomic E-state index is -0.696. The van der Waals surface area contributed by atoms with Gasteiger partial charge in [0.1, 0.15) is 22.3 Å². The predicted octanol–water partition coefficient (Wildman–Crippen LogP) is 5.19. The number of anilines is 1. The molecule has 0 spiro atoms. The molecule has 1 saturated heterocycles. The SMILES string of the molecule is COC(=O)Nc1ccc(-c2nc(CC(NC(=O)OC(C)(C)C)c3cccc(C(=O)N4CCOCC4)c3)[nH]c2Cl)cc1. The third kappa shape index (κ3) is 8.21. The summed E-state index contributed by atoms with van der Waals surface area (Å²) in [6.45, 7) is 7.40. The number of carbonyl (C=O) groups is 3. The van der Waals surface area contributed by atoms with Crippen LogP contribution in [-0.4, -0.2) is 72.0 Å². The van der Waals surface area contributed by atoms with E-state index >= 15 is 0 Å². The van der Waals surface area contributed by atoms with Gasteiger partial charge in [-0.1, -0.05) is 35.9 Å². The number of aromatic amines is 1. The first kappa shape index (κ1) is 29.9. The summed E-state index contributed by atoms with van der Waals surface area (Å²) in [7, 11) is 1.29. The lowest BCUT2D eigenvalue weighted by Crippen LogP contribution is -2.40. The number of imidazole rings is 1. The maximum atomic E-state index is 13.1. The summed E-state index contributed by atoms with van der Waals surface area (Å²) in [4.78, 5) is 46.9. The van der Waals surface area contributed by atoms with Crippen LogP contribution in [0.15, 0.2) is 48.5 Å². The molecule has 3 amide bonds. The summed E-state index contributed by atoms with van der Waals surface area (Å²) in [5.41, 5.74) is 2.32. The molecule has 11 nitrogen and oxygen atoms in total. The second-order valence-electron chi connectivity index (χ2n) is 10.5. The van der Waals surface area contributed by atoms with Crippen LogP contribution in [0.2, 0.25) is 5.15 Å². The van der Waals surface area contributed by atoms with Crippen molar-refractivity contribution in [2.24, 2.45) is 0 Å². The summed E-state index contributed by atoms with van der Waals surface area (Å²) < 4.78 is 15.5. The van der Waals surface area contributed by atoms with Gasteiger partial charge in [0.2, 0.25) is 0 Å². The molecule has 1 atom stereocenters. The molecule has 41 heavy (non-hydrogen) atoms. The first-order valence-corrected chi connectivity index (χ1v) is 13.6. The van der Waals surface area contributed by atoms with Crippen LogP contribution in [0.5, 0.6) is 0 Å². The number of amides is 3. The summed E-state index contributed by atoms with van der Waals surface area (Å²) in [5.74, 6) is 0.423. The van der Waals surface area contributed by atoms with E-state index in [1.165, 1.54) is 7.11 Å². The molecule has 12 heteroatoms. The number of morpholine rings is 1. The molecule has 1 aliphatic rings. The van der Waals surface area contributed by atoms with E-state index in [-0.39, 0.29) is 12.3 Å². The van der Waals surface area contributed by atoms with Gasteiger partial charge >= 0.3 is 12.2 Å². The first-order chi connectivity index (χ1) is 19.5. The maximum absolute atomic E-state index is 13.1. The van der Waals surface area contributed by atoms with Crippen LogP contribution in [0, 0.1) is 0 Å². The number of benzene rings is 2. The molecule has 3 aromatic rings. The van der Waals surface area contributed by atoms with E-state index in [1.807, 2.05) is 6.07 Å². The fourth-order valence-corrected chi connectivity index (χ4v) is 4.56. The van der Waals surface area contributed by atoms with E-state index in [2.05, 4.69) is 25.3 Å². The number of nitrogens with one attached hydrogen (secondary N) is 3. The van der Waals surface area contributed by atoms with Gasteiger partial charge in [-0.15, -0.1) is 0 Å². The fourth-order valence-electron chi connectivity index (χ4n) is 4.30. The highest BCUT2D eigenvalue weighted by Crippen LogP contribution is 2.29. The fraction of sp³-hybridized carbons (Fsp3) is 0.379. The van der Waals surface area contributed by atoms with Crippen molar-refractivity contribution in [3.8, 4) is 11.3 Å². The highest BCUT2D eigenvalue weighted by molar-refractivity contribution is 6.31. The van der Waals surface area contributed by atoms with E-state index < -0.39 is 23.8 Å². The minimum Gasteiger partial charge on any atom is -0.453 e. The zero-order valence-electron chi connectivity index (χ0n) is 23.5. The third-order valence-electron chi connectivity index (χ3n) is 6.22. The van der Waals surface area contributed by atoms with Crippen molar-refractivity contribution in [3.05, 3.63) is 70.6 Å². The number of rotatable bonds is 7. The van der Waals surface area contributed by atoms with Crippen LogP contribution < -0.4 is 10.6 Å². The summed E-state index contributed by atoms with van der Waals surface area (Å²) >= 11 is 6.52. The molecule has 1 unspecified atom stereocenters. The van der Waals surface area contributed by atoms with Crippen molar-refractivity contribution in [1.82, 2.24) is 20.2 Å². The second-order valence-corrected chi connectivity index (χ2v) is 10.9. The second kappa shape index (κ2) is 13.0. The van der Waals surface area contributed by atoms with Gasteiger partial charge in [-0.3, -0.25) is 10.1 Å². The molecule has 0 bridgehead atoms. The average Bonchev–Trinajstić information content (AvgIpc) is 3.31. The van der Waals surface area contributed by atoms with Crippen LogP contribution in [0.1, 0.15) is 48.6 Å². The number of H-pyrrole nitrogens is 1. The molecule has 0 aliphatic carbocycles. The van der Waals surface area contributed by atoms with Gasteiger partial charge in [-0.05, 0) is 50.6 Å². The normalized spacial score (nSPS) is 14.2. The van der Waals surface area contributed by atoms with Crippen LogP contribution in [-0.2, 0) is 20.6 Å². The summed E-state index contributed by atoms with van der Waals surface area (Å²) in [6, 6.07) is 13.5. The lowest BCUT2D eigenvalue weighted by atomic mass is 10.0. The Kier molecular flexibility index (Phi) is 9.51. The number of methoxy groups -OCH3 is 1. The Morgan fingerprint density at radius 2 is 1.80 bits per heavy atom. The standard InChI is InChI=1S/C29H34ClN5O6/c1-29(2,3)41-28(38)32-22(19-6-5-7-20(16-19)26(36)35-12-14-40-15-13-35)17-23-33-24(25(30)34-23)18-8-10-21(11-9-18)31-27(37)39-4/h5-11,16,22H,12-15,17H2,1-4H3,(H,31,37)(H,32,38)(H,33,34). The van der Waals surface area contributed by atoms with Crippen molar-refractivity contribution >= 4 is 35.4 Å². The predicted molar refractivity (Wildman–Crippen MR) is 154 cm³/mol. The smallest absolute Gasteiger partial charge is 0.411 e. The van der Waals surface area contributed by atoms with Gasteiger partial charge < -0.3 is 29.4 Å². The molecule has 218 valence electrons. The Bertz CT molecular complexity index is 1380. The number of ether oxygens (including phenoxy) is 3. The van der Waals surface area contributed by atoms with Gasteiger partial charge in [0.25, 0.3) is 5.91 Å². The van der Waals surface area contributed by atoms with E-state index in [0.29, 0.717) is 59.8 Å². The van der Waals surface area contributed by atoms with E-state index in [0.717, 1.165) is 5.56 Å². The zero-order valence-corrected chi connectivity index (χ0v) is 24.2. The van der Waals surface area contributed by atoms with E-state index in [4.69, 9.17) is 21.1 Å². The number of carbonyl (C=O) groups excluding carboxylic acids is 3. The Hall–Kier alpha value is -4.09. The van der Waals surface area contributed by atoms with Gasteiger partial charge in [0, 0.05) is 36.3 Å². The third-order valence-corrected chi connectivity index (χ3v) is 6.50. The lowest BCUT2D eigenvalue weighted by molar-refractivity contribution is 0.0303. The number of hydrogen-bond acceptors (Lipinski definition) is 7. The van der Waals surface area contributed by atoms with Crippen molar-refractivity contribution in [2.45, 2.75) is 38.8 Å². The van der Waals surface area contributed by atoms with E-state index in [1.54, 1.807) is 68.1 Å². The molecule has 2 heterocycles. The van der Waals surface area contributed by atoms with E-state index in [9.17, 15) is 14.4 Å². The number of hydrogen-bond donors (Lipinski definition) is 3. The van der Waals surface area contributed by atoms with Gasteiger partial charge in [-0.2, -0.15) is 0 Å². The minimum absolute atomic E-state index is 0.0976. The Labute approximate surface area is 243 Å². The maximum Gasteiger partial charge on any atom is 0.411 e. The van der Waals surface area contributed by atoms with Crippen molar-refractivity contribution < 1.29 is 28.6 Å². The van der Waals surface area contributed by atoms with Gasteiger partial charge in [0.15, 0.2) is 0 Å². The first-order valence-electron chi connectivity index (χ1n) is 13.2. The molecule has 2 aromatic carbocycles. The van der Waals surface area contributed by atoms with Gasteiger partial charge in [0.05, 0.1) is 26.4 Å². The highest BCUT2D eigenvalue weighted by Gasteiger charge is 2.25. The highest BCUT2D eigenvalue weighted by atomic mass is 35.5. The zero-order chi connectivity index (χ0) is 29.6. The van der Waals surface area contributed by atoms with Crippen molar-refractivity contribution in [1.29, 1.82) is 0 Å². The van der Waals surface area contributed by atoms with Crippen LogP contribution >= 0.6 is 11.6 Å². The van der Waals surface area contributed by atoms with Crippen molar-refractivity contribution in [3.63, 3.8) is 0 Å². The number of halogens is 1. The molecule has 3 N–H and O–H groups in total. The number of alkyl carbamates (subject to hydrolysis) is 1. The number of nitrogens with zero attached hydrogens (tertiary/aromatic N) is 2. The molecular formula is C29H34ClN5O6. The van der Waals surface area contributed by atoms with Crippen LogP contribution in [0.4, 0.5) is 15.3 Å². The van der Waals surface area contributed by atoms with Crippen LogP contribution in [0.25, 0.3) is 11.3 Å². The Morgan fingerprint density at radius 3 is 2.46 bits per heavy atom. The quantitative estimate of drug-likeness (QED) is 0.348. The van der Waals surface area contributed by atoms with Crippen molar-refractivity contribution in [2.75, 3.05) is 38.7 Å². The summed E-state index contributed by atoms with van der Waals surface area (Å²) in [5, 5.41) is 5.84. The lowest BCUT2D eigenvalue weighted by Gasteiger charge is -2.27. The molecule has 0 saturated carbocycles. The molecular weight excluding hydrogens is 550 g/mol. The molecule has 1 aliphatic heterocycles. The van der Waals surface area contributed by atoms with Gasteiger partial charge in [-0.25, -0.2) is 14.6 Å². The Balaban J connectivity index is 1.58. The molecule has 0 radical (unpaired) electrons. The largest absolute Gasteiger partial charge is 0.453 e. The molecule has 1 fully saturated rings. The average molecular weight is 584 g/mol. The Morgan fingerprint density at radius 1 is 1.10 bits per heavy atom. The number of aromatic nitrogens is 2.